The smallest absolute Gasteiger partial charge is 0.318 e. The van der Waals surface area contributed by atoms with Crippen molar-refractivity contribution in [2.24, 2.45) is 11.7 Å². The molecular weight excluding hydrogens is 374 g/mol. The van der Waals surface area contributed by atoms with E-state index in [1.54, 1.807) is 0 Å². The van der Waals surface area contributed by atoms with Crippen LogP contribution in [0.1, 0.15) is 49.0 Å². The van der Waals surface area contributed by atoms with E-state index in [1.165, 1.54) is 0 Å². The molecule has 7 heteroatoms. The van der Waals surface area contributed by atoms with Gasteiger partial charge in [-0.1, -0.05) is 37.6 Å². The van der Waals surface area contributed by atoms with E-state index in [-0.39, 0.29) is 12.1 Å². The Morgan fingerprint density at radius 3 is 2.75 bits per heavy atom. The molecule has 150 valence electrons. The Kier molecular flexibility index (Phi) is 6.86. The highest BCUT2D eigenvalue weighted by molar-refractivity contribution is 6.30. The third kappa shape index (κ3) is 5.20. The summed E-state index contributed by atoms with van der Waals surface area (Å²) >= 11 is 5.98. The average molecular weight is 402 g/mol. The normalized spacial score (nSPS) is 14.7. The highest BCUT2D eigenvalue weighted by atomic mass is 35.5. The van der Waals surface area contributed by atoms with Gasteiger partial charge in [0.15, 0.2) is 0 Å². The molecule has 0 bridgehead atoms. The van der Waals surface area contributed by atoms with Crippen molar-refractivity contribution >= 4 is 17.6 Å². The lowest BCUT2D eigenvalue weighted by Crippen LogP contribution is -2.44. The molecule has 0 saturated heterocycles. The van der Waals surface area contributed by atoms with Gasteiger partial charge >= 0.3 is 6.03 Å². The molecular formula is C21H28ClN5O. The molecule has 2 aromatic rings. The first-order chi connectivity index (χ1) is 13.5. The van der Waals surface area contributed by atoms with Gasteiger partial charge in [0, 0.05) is 24.2 Å². The summed E-state index contributed by atoms with van der Waals surface area (Å²) in [6.45, 7) is 5.95. The van der Waals surface area contributed by atoms with Crippen LogP contribution in [0.4, 0.5) is 4.79 Å². The van der Waals surface area contributed by atoms with Crippen LogP contribution in [0.15, 0.2) is 30.5 Å². The molecule has 0 saturated carbocycles. The summed E-state index contributed by atoms with van der Waals surface area (Å²) in [5, 5.41) is 3.79. The van der Waals surface area contributed by atoms with Crippen molar-refractivity contribution in [3.8, 4) is 0 Å². The number of amides is 2. The molecule has 0 aliphatic carbocycles. The molecule has 6 nitrogen and oxygen atoms in total. The first kappa shape index (κ1) is 20.6. The lowest BCUT2D eigenvalue weighted by Gasteiger charge is -2.30. The van der Waals surface area contributed by atoms with Crippen LogP contribution in [0.25, 0.3) is 0 Å². The number of nitrogens with two attached hydrogens (primary N) is 1. The van der Waals surface area contributed by atoms with Gasteiger partial charge in [-0.3, -0.25) is 0 Å². The van der Waals surface area contributed by atoms with Crippen LogP contribution in [0.3, 0.4) is 0 Å². The van der Waals surface area contributed by atoms with Crippen LogP contribution in [0.2, 0.25) is 5.02 Å². The molecule has 2 amide bonds. The van der Waals surface area contributed by atoms with Gasteiger partial charge in [-0.15, -0.1) is 0 Å². The Balaban J connectivity index is 1.69. The zero-order valence-electron chi connectivity index (χ0n) is 16.5. The van der Waals surface area contributed by atoms with Crippen molar-refractivity contribution in [3.63, 3.8) is 0 Å². The van der Waals surface area contributed by atoms with Crippen LogP contribution >= 0.6 is 11.6 Å². The van der Waals surface area contributed by atoms with Crippen LogP contribution in [-0.4, -0.2) is 34.0 Å². The van der Waals surface area contributed by atoms with E-state index in [9.17, 15) is 4.79 Å². The molecule has 0 fully saturated rings. The van der Waals surface area contributed by atoms with Gasteiger partial charge in [-0.25, -0.2) is 14.8 Å². The second-order valence-electron chi connectivity index (χ2n) is 7.66. The molecule has 1 aromatic carbocycles. The minimum absolute atomic E-state index is 0.0944. The largest absolute Gasteiger partial charge is 0.331 e. The molecule has 1 unspecified atom stereocenters. The van der Waals surface area contributed by atoms with Gasteiger partial charge in [-0.05, 0) is 48.6 Å². The van der Waals surface area contributed by atoms with E-state index in [0.29, 0.717) is 37.0 Å². The van der Waals surface area contributed by atoms with Crippen molar-refractivity contribution in [3.05, 3.63) is 58.1 Å². The van der Waals surface area contributed by atoms with Crippen LogP contribution < -0.4 is 11.1 Å². The van der Waals surface area contributed by atoms with Crippen molar-refractivity contribution in [2.75, 3.05) is 13.1 Å². The topological polar surface area (TPSA) is 84.1 Å². The van der Waals surface area contributed by atoms with E-state index in [4.69, 9.17) is 22.3 Å². The Hall–Kier alpha value is -2.18. The number of nitrogens with zero attached hydrogens (tertiary/aromatic N) is 3. The number of carbonyl (C=O) groups excluding carboxylic acids is 1. The molecule has 1 aliphatic heterocycles. The summed E-state index contributed by atoms with van der Waals surface area (Å²) in [7, 11) is 0. The average Bonchev–Trinajstić information content (AvgIpc) is 2.67. The minimum atomic E-state index is -0.141. The van der Waals surface area contributed by atoms with Gasteiger partial charge in [0.2, 0.25) is 0 Å². The SMILES string of the molecule is CC(C)Cc1ncc2c(n1)CN(C(=O)NC(CCN)c1ccc(Cl)cc1)CC2. The van der Waals surface area contributed by atoms with Gasteiger partial charge in [0.1, 0.15) is 5.82 Å². The lowest BCUT2D eigenvalue weighted by molar-refractivity contribution is 0.186. The molecule has 1 aromatic heterocycles. The highest BCUT2D eigenvalue weighted by Crippen LogP contribution is 2.21. The number of aromatic nitrogens is 2. The maximum absolute atomic E-state index is 12.9. The number of rotatable bonds is 6. The van der Waals surface area contributed by atoms with Gasteiger partial charge in [-0.2, -0.15) is 0 Å². The van der Waals surface area contributed by atoms with Crippen LogP contribution in [0, 0.1) is 5.92 Å². The van der Waals surface area contributed by atoms with E-state index in [2.05, 4.69) is 24.1 Å². The lowest BCUT2D eigenvalue weighted by atomic mass is 10.0. The Bertz CT molecular complexity index is 809. The van der Waals surface area contributed by atoms with E-state index >= 15 is 0 Å². The molecule has 0 spiro atoms. The predicted octanol–water partition coefficient (Wildman–Crippen LogP) is 3.49. The number of benzene rings is 1. The molecule has 0 radical (unpaired) electrons. The minimum Gasteiger partial charge on any atom is -0.331 e. The van der Waals surface area contributed by atoms with Crippen molar-refractivity contribution < 1.29 is 4.79 Å². The molecule has 3 N–H and O–H groups in total. The van der Waals surface area contributed by atoms with Crippen LogP contribution in [0.5, 0.6) is 0 Å². The monoisotopic (exact) mass is 401 g/mol. The number of nitrogens with one attached hydrogen (secondary N) is 1. The fourth-order valence-electron chi connectivity index (χ4n) is 3.41. The molecule has 1 aliphatic rings. The fraction of sp³-hybridized carbons (Fsp3) is 0.476. The van der Waals surface area contributed by atoms with Crippen molar-refractivity contribution in [1.29, 1.82) is 0 Å². The van der Waals surface area contributed by atoms with Crippen LogP contribution in [-0.2, 0) is 19.4 Å². The van der Waals surface area contributed by atoms with Gasteiger partial charge in [0.05, 0.1) is 18.3 Å². The summed E-state index contributed by atoms with van der Waals surface area (Å²) < 4.78 is 0. The molecule has 1 atom stereocenters. The van der Waals surface area contributed by atoms with Gasteiger partial charge in [0.25, 0.3) is 0 Å². The second kappa shape index (κ2) is 9.34. The standard InChI is InChI=1S/C21H28ClN5O/c1-14(2)11-20-24-12-16-8-10-27(13-19(16)25-20)21(28)26-18(7-9-23)15-3-5-17(22)6-4-15/h3-6,12,14,18H,7-11,13,23H2,1-2H3,(H,26,28). The number of fused-ring (bicyclic) bond motifs is 1. The number of hydrogen-bond donors (Lipinski definition) is 2. The van der Waals surface area contributed by atoms with E-state index < -0.39 is 0 Å². The number of carbonyl (C=O) groups is 1. The fourth-order valence-corrected chi connectivity index (χ4v) is 3.53. The zero-order chi connectivity index (χ0) is 20.1. The Labute approximate surface area is 171 Å². The summed E-state index contributed by atoms with van der Waals surface area (Å²) in [5.41, 5.74) is 8.85. The summed E-state index contributed by atoms with van der Waals surface area (Å²) in [5.74, 6) is 1.34. The van der Waals surface area contributed by atoms with Gasteiger partial charge < -0.3 is 16.0 Å². The molecule has 2 heterocycles. The highest BCUT2D eigenvalue weighted by Gasteiger charge is 2.24. The number of urea groups is 1. The van der Waals surface area contributed by atoms with Crippen molar-refractivity contribution in [2.45, 2.75) is 45.7 Å². The summed E-state index contributed by atoms with van der Waals surface area (Å²) in [4.78, 5) is 23.9. The molecule has 28 heavy (non-hydrogen) atoms. The maximum Gasteiger partial charge on any atom is 0.318 e. The summed E-state index contributed by atoms with van der Waals surface area (Å²) in [6, 6.07) is 7.29. The number of hydrogen-bond acceptors (Lipinski definition) is 4. The zero-order valence-corrected chi connectivity index (χ0v) is 17.2. The number of halogens is 1. The first-order valence-electron chi connectivity index (χ1n) is 9.81. The van der Waals surface area contributed by atoms with Crippen molar-refractivity contribution in [1.82, 2.24) is 20.2 Å². The van der Waals surface area contributed by atoms with E-state index in [0.717, 1.165) is 35.5 Å². The maximum atomic E-state index is 12.9. The Morgan fingerprint density at radius 1 is 1.32 bits per heavy atom. The Morgan fingerprint density at radius 2 is 2.07 bits per heavy atom. The quantitative estimate of drug-likeness (QED) is 0.775. The third-order valence-corrected chi connectivity index (χ3v) is 5.15. The second-order valence-corrected chi connectivity index (χ2v) is 8.10. The van der Waals surface area contributed by atoms with E-state index in [1.807, 2.05) is 35.4 Å². The third-order valence-electron chi connectivity index (χ3n) is 4.90. The predicted molar refractivity (Wildman–Crippen MR) is 111 cm³/mol. The molecule has 3 rings (SSSR count). The summed E-state index contributed by atoms with van der Waals surface area (Å²) in [6.07, 6.45) is 4.20. The first-order valence-corrected chi connectivity index (χ1v) is 10.2.